The van der Waals surface area contributed by atoms with Crippen LogP contribution in [0.25, 0.3) is 0 Å². The fourth-order valence-corrected chi connectivity index (χ4v) is 2.99. The van der Waals surface area contributed by atoms with E-state index >= 15 is 0 Å². The molecule has 2 aliphatic rings. The fraction of sp³-hybridized carbons (Fsp3) is 0.538. The van der Waals surface area contributed by atoms with Crippen LogP contribution in [0.2, 0.25) is 0 Å². The van der Waals surface area contributed by atoms with E-state index in [0.29, 0.717) is 0 Å². The van der Waals surface area contributed by atoms with Crippen molar-refractivity contribution in [2.24, 2.45) is 5.73 Å². The number of nitrogens with two attached hydrogens (primary N) is 1. The van der Waals surface area contributed by atoms with Crippen molar-refractivity contribution in [1.29, 1.82) is 0 Å². The number of ether oxygens (including phenoxy) is 1. The Labute approximate surface area is 90.4 Å². The average molecular weight is 203 g/mol. The molecule has 0 unspecified atom stereocenters. The van der Waals surface area contributed by atoms with E-state index in [4.69, 9.17) is 10.5 Å². The summed E-state index contributed by atoms with van der Waals surface area (Å²) in [5, 5.41) is 0. The van der Waals surface area contributed by atoms with Crippen LogP contribution in [0.3, 0.4) is 0 Å². The van der Waals surface area contributed by atoms with Crippen LogP contribution in [-0.4, -0.2) is 5.60 Å². The van der Waals surface area contributed by atoms with Crippen molar-refractivity contribution in [2.45, 2.75) is 43.7 Å². The highest BCUT2D eigenvalue weighted by molar-refractivity contribution is 5.38. The van der Waals surface area contributed by atoms with Crippen molar-refractivity contribution in [3.63, 3.8) is 0 Å². The molecule has 1 aromatic rings. The summed E-state index contributed by atoms with van der Waals surface area (Å²) in [6, 6.07) is 8.36. The summed E-state index contributed by atoms with van der Waals surface area (Å²) in [4.78, 5) is 0. The van der Waals surface area contributed by atoms with Crippen LogP contribution in [0.4, 0.5) is 0 Å². The number of rotatable bonds is 0. The van der Waals surface area contributed by atoms with Gasteiger partial charge in [-0.05, 0) is 31.7 Å². The van der Waals surface area contributed by atoms with Crippen LogP contribution in [0.15, 0.2) is 24.3 Å². The number of hydrogen-bond acceptors (Lipinski definition) is 2. The molecule has 1 aliphatic carbocycles. The molecule has 1 fully saturated rings. The minimum atomic E-state index is 0.0633. The lowest BCUT2D eigenvalue weighted by atomic mass is 9.86. The first kappa shape index (κ1) is 9.22. The minimum absolute atomic E-state index is 0.0633. The summed E-state index contributed by atoms with van der Waals surface area (Å²) < 4.78 is 6.17. The average Bonchev–Trinajstić information content (AvgIpc) is 2.66. The van der Waals surface area contributed by atoms with Crippen molar-refractivity contribution in [2.75, 3.05) is 0 Å². The second-order valence-corrected chi connectivity index (χ2v) is 4.84. The molecule has 80 valence electrons. The zero-order valence-electron chi connectivity index (χ0n) is 8.91. The summed E-state index contributed by atoms with van der Waals surface area (Å²) in [7, 11) is 0. The van der Waals surface area contributed by atoms with Gasteiger partial charge < -0.3 is 10.5 Å². The zero-order chi connectivity index (χ0) is 10.3. The van der Waals surface area contributed by atoms with Crippen molar-refractivity contribution in [1.82, 2.24) is 0 Å². The molecule has 0 radical (unpaired) electrons. The quantitative estimate of drug-likeness (QED) is 0.703. The zero-order valence-corrected chi connectivity index (χ0v) is 8.91. The van der Waals surface area contributed by atoms with Gasteiger partial charge in [0.2, 0.25) is 0 Å². The van der Waals surface area contributed by atoms with Gasteiger partial charge in [-0.2, -0.15) is 0 Å². The summed E-state index contributed by atoms with van der Waals surface area (Å²) >= 11 is 0. The first-order valence-corrected chi connectivity index (χ1v) is 5.83. The topological polar surface area (TPSA) is 35.2 Å². The van der Waals surface area contributed by atoms with E-state index in [-0.39, 0.29) is 11.6 Å². The highest BCUT2D eigenvalue weighted by Crippen LogP contribution is 2.45. The molecule has 2 nitrogen and oxygen atoms in total. The summed E-state index contributed by atoms with van der Waals surface area (Å²) in [6.07, 6.45) is 5.91. The third kappa shape index (κ3) is 1.44. The van der Waals surface area contributed by atoms with Crippen LogP contribution in [-0.2, 0) is 0 Å². The first-order chi connectivity index (χ1) is 7.29. The molecule has 2 N–H and O–H groups in total. The van der Waals surface area contributed by atoms with Crippen molar-refractivity contribution >= 4 is 0 Å². The number of fused-ring (bicyclic) bond motifs is 1. The molecule has 0 bridgehead atoms. The maximum atomic E-state index is 6.22. The lowest BCUT2D eigenvalue weighted by Gasteiger charge is -2.38. The molecule has 1 aliphatic heterocycles. The lowest BCUT2D eigenvalue weighted by Crippen LogP contribution is -2.40. The fourth-order valence-electron chi connectivity index (χ4n) is 2.99. The van der Waals surface area contributed by atoms with Crippen LogP contribution in [0, 0.1) is 0 Å². The lowest BCUT2D eigenvalue weighted by molar-refractivity contribution is 0.0426. The van der Waals surface area contributed by atoms with E-state index in [9.17, 15) is 0 Å². The van der Waals surface area contributed by atoms with E-state index in [2.05, 4.69) is 12.1 Å². The molecule has 0 saturated heterocycles. The normalized spacial score (nSPS) is 27.4. The highest BCUT2D eigenvalue weighted by Gasteiger charge is 2.41. The van der Waals surface area contributed by atoms with Gasteiger partial charge in [0.25, 0.3) is 0 Å². The molecule has 1 saturated carbocycles. The maximum absolute atomic E-state index is 6.22. The molecule has 0 aromatic heterocycles. The van der Waals surface area contributed by atoms with Crippen LogP contribution < -0.4 is 10.5 Å². The van der Waals surface area contributed by atoms with Crippen molar-refractivity contribution in [3.8, 4) is 5.75 Å². The van der Waals surface area contributed by atoms with Crippen molar-refractivity contribution in [3.05, 3.63) is 29.8 Å². The SMILES string of the molecule is N[C@@H]1CC2(CCCC2)Oc2ccccc21. The number of para-hydroxylation sites is 1. The number of hydrogen-bond donors (Lipinski definition) is 1. The summed E-state index contributed by atoms with van der Waals surface area (Å²) in [6.45, 7) is 0. The molecule has 0 amide bonds. The van der Waals surface area contributed by atoms with E-state index < -0.39 is 0 Å². The molecular weight excluding hydrogens is 186 g/mol. The van der Waals surface area contributed by atoms with Gasteiger partial charge in [-0.25, -0.2) is 0 Å². The summed E-state index contributed by atoms with van der Waals surface area (Å²) in [5.41, 5.74) is 7.46. The number of benzene rings is 1. The Bertz CT molecular complexity index is 369. The maximum Gasteiger partial charge on any atom is 0.124 e. The van der Waals surface area contributed by atoms with E-state index in [1.807, 2.05) is 12.1 Å². The van der Waals surface area contributed by atoms with Gasteiger partial charge in [0.15, 0.2) is 0 Å². The predicted molar refractivity (Wildman–Crippen MR) is 59.8 cm³/mol. The van der Waals surface area contributed by atoms with Gasteiger partial charge in [-0.3, -0.25) is 0 Å². The first-order valence-electron chi connectivity index (χ1n) is 5.83. The molecule has 2 heteroatoms. The Morgan fingerprint density at radius 2 is 1.93 bits per heavy atom. The van der Waals surface area contributed by atoms with Gasteiger partial charge in [0.1, 0.15) is 11.4 Å². The molecule has 1 spiro atoms. The molecule has 15 heavy (non-hydrogen) atoms. The van der Waals surface area contributed by atoms with Gasteiger partial charge in [-0.1, -0.05) is 18.2 Å². The van der Waals surface area contributed by atoms with Gasteiger partial charge in [0.05, 0.1) is 0 Å². The van der Waals surface area contributed by atoms with Gasteiger partial charge in [-0.15, -0.1) is 0 Å². The van der Waals surface area contributed by atoms with Gasteiger partial charge in [0, 0.05) is 18.0 Å². The third-order valence-electron chi connectivity index (χ3n) is 3.75. The third-order valence-corrected chi connectivity index (χ3v) is 3.75. The molecule has 1 atom stereocenters. The summed E-state index contributed by atoms with van der Waals surface area (Å²) in [5.74, 6) is 1.01. The smallest absolute Gasteiger partial charge is 0.124 e. The Morgan fingerprint density at radius 1 is 1.20 bits per heavy atom. The van der Waals surface area contributed by atoms with E-state index in [1.54, 1.807) is 0 Å². The van der Waals surface area contributed by atoms with Crippen LogP contribution >= 0.6 is 0 Å². The molecular formula is C13H17NO. The Kier molecular flexibility index (Phi) is 1.99. The molecule has 1 aromatic carbocycles. The van der Waals surface area contributed by atoms with E-state index in [1.165, 1.54) is 31.2 Å². The van der Waals surface area contributed by atoms with Gasteiger partial charge >= 0.3 is 0 Å². The minimum Gasteiger partial charge on any atom is -0.487 e. The second-order valence-electron chi connectivity index (χ2n) is 4.84. The van der Waals surface area contributed by atoms with Crippen LogP contribution in [0.5, 0.6) is 5.75 Å². The monoisotopic (exact) mass is 203 g/mol. The van der Waals surface area contributed by atoms with Crippen LogP contribution in [0.1, 0.15) is 43.7 Å². The van der Waals surface area contributed by atoms with E-state index in [0.717, 1.165) is 12.2 Å². The second kappa shape index (κ2) is 3.24. The largest absolute Gasteiger partial charge is 0.487 e. The Morgan fingerprint density at radius 3 is 2.73 bits per heavy atom. The predicted octanol–water partition coefficient (Wildman–Crippen LogP) is 2.78. The standard InChI is InChI=1S/C13H17NO/c14-11-9-13(7-3-4-8-13)15-12-6-2-1-5-10(11)12/h1-2,5-6,11H,3-4,7-9,14H2/t11-/m1/s1. The Balaban J connectivity index is 1.98. The molecule has 1 heterocycles. The molecule has 3 rings (SSSR count). The Hall–Kier alpha value is -1.02. The highest BCUT2D eigenvalue weighted by atomic mass is 16.5. The van der Waals surface area contributed by atoms with Crippen molar-refractivity contribution < 1.29 is 4.74 Å².